The van der Waals surface area contributed by atoms with Crippen LogP contribution in [0.25, 0.3) is 11.0 Å². The number of carbonyl (C=O) groups excluding carboxylic acids is 2. The van der Waals surface area contributed by atoms with Crippen molar-refractivity contribution in [3.05, 3.63) is 23.8 Å². The van der Waals surface area contributed by atoms with Gasteiger partial charge in [-0.2, -0.15) is 13.2 Å². The molecule has 1 aromatic heterocycles. The summed E-state index contributed by atoms with van der Waals surface area (Å²) in [6, 6.07) is 3.46. The summed E-state index contributed by atoms with van der Waals surface area (Å²) in [7, 11) is 1.23. The third-order valence-corrected chi connectivity index (χ3v) is 5.23. The molecule has 2 aromatic rings. The van der Waals surface area contributed by atoms with E-state index in [-0.39, 0.29) is 11.3 Å². The Hall–Kier alpha value is -2.23. The number of hydrogen-bond acceptors (Lipinski definition) is 5. The zero-order valence-corrected chi connectivity index (χ0v) is 17.5. The van der Waals surface area contributed by atoms with E-state index in [9.17, 15) is 22.8 Å². The summed E-state index contributed by atoms with van der Waals surface area (Å²) < 4.78 is 45.5. The molecule has 0 saturated carbocycles. The SMILES string of the molecule is CCCCn1c(SCC(=O)NC(C)(C)C(=O)OC)nc2cc(C(F)(F)F)ccc21. The van der Waals surface area contributed by atoms with Gasteiger partial charge in [0.15, 0.2) is 5.16 Å². The van der Waals surface area contributed by atoms with Gasteiger partial charge >= 0.3 is 12.1 Å². The number of nitrogens with zero attached hydrogens (tertiary/aromatic N) is 2. The van der Waals surface area contributed by atoms with Crippen LogP contribution < -0.4 is 5.32 Å². The number of fused-ring (bicyclic) bond motifs is 1. The molecule has 1 N–H and O–H groups in total. The van der Waals surface area contributed by atoms with Gasteiger partial charge in [0.05, 0.1) is 29.5 Å². The molecule has 160 valence electrons. The van der Waals surface area contributed by atoms with E-state index in [0.29, 0.717) is 17.2 Å². The second-order valence-corrected chi connectivity index (χ2v) is 8.00. The number of aryl methyl sites for hydroxylation is 1. The molecule has 0 bridgehead atoms. The van der Waals surface area contributed by atoms with Crippen molar-refractivity contribution in [3.63, 3.8) is 0 Å². The van der Waals surface area contributed by atoms with E-state index in [4.69, 9.17) is 0 Å². The van der Waals surface area contributed by atoms with Crippen molar-refractivity contribution in [1.29, 1.82) is 0 Å². The van der Waals surface area contributed by atoms with Crippen molar-refractivity contribution >= 4 is 34.7 Å². The van der Waals surface area contributed by atoms with Crippen LogP contribution in [0.2, 0.25) is 0 Å². The Bertz CT molecular complexity index is 894. The fraction of sp³-hybridized carbons (Fsp3) is 0.526. The summed E-state index contributed by atoms with van der Waals surface area (Å²) in [5, 5.41) is 3.04. The molecule has 2 rings (SSSR count). The van der Waals surface area contributed by atoms with E-state index in [1.54, 1.807) is 0 Å². The first-order chi connectivity index (χ1) is 13.5. The molecule has 6 nitrogen and oxygen atoms in total. The van der Waals surface area contributed by atoms with Gasteiger partial charge < -0.3 is 14.6 Å². The Morgan fingerprint density at radius 3 is 2.55 bits per heavy atom. The second-order valence-electron chi connectivity index (χ2n) is 7.05. The summed E-state index contributed by atoms with van der Waals surface area (Å²) in [5.74, 6) is -1.02. The number of halogens is 3. The Labute approximate surface area is 171 Å². The van der Waals surface area contributed by atoms with Gasteiger partial charge in [0.25, 0.3) is 0 Å². The molecule has 0 atom stereocenters. The molecular weight excluding hydrogens is 407 g/mol. The number of rotatable bonds is 8. The van der Waals surface area contributed by atoms with E-state index in [2.05, 4.69) is 15.0 Å². The maximum atomic E-state index is 13.0. The molecule has 0 spiro atoms. The Kier molecular flexibility index (Phi) is 7.20. The summed E-state index contributed by atoms with van der Waals surface area (Å²) in [4.78, 5) is 28.3. The van der Waals surface area contributed by atoms with Crippen molar-refractivity contribution < 1.29 is 27.5 Å². The maximum Gasteiger partial charge on any atom is 0.416 e. The first-order valence-corrected chi connectivity index (χ1v) is 10.1. The van der Waals surface area contributed by atoms with Crippen LogP contribution in [0.5, 0.6) is 0 Å². The van der Waals surface area contributed by atoms with Crippen LogP contribution in [-0.4, -0.2) is 39.8 Å². The summed E-state index contributed by atoms with van der Waals surface area (Å²) in [5.41, 5.74) is -1.13. The highest BCUT2D eigenvalue weighted by molar-refractivity contribution is 7.99. The summed E-state index contributed by atoms with van der Waals surface area (Å²) in [6.07, 6.45) is -2.73. The van der Waals surface area contributed by atoms with E-state index < -0.39 is 29.2 Å². The average Bonchev–Trinajstić information content (AvgIpc) is 2.99. The summed E-state index contributed by atoms with van der Waals surface area (Å²) >= 11 is 1.11. The smallest absolute Gasteiger partial charge is 0.416 e. The van der Waals surface area contributed by atoms with E-state index in [1.807, 2.05) is 11.5 Å². The van der Waals surface area contributed by atoms with Crippen LogP contribution in [0.1, 0.15) is 39.2 Å². The van der Waals surface area contributed by atoms with Crippen LogP contribution >= 0.6 is 11.8 Å². The molecule has 0 aliphatic rings. The quantitative estimate of drug-likeness (QED) is 0.505. The van der Waals surface area contributed by atoms with Crippen molar-refractivity contribution in [1.82, 2.24) is 14.9 Å². The topological polar surface area (TPSA) is 73.2 Å². The molecule has 0 fully saturated rings. The lowest BCUT2D eigenvalue weighted by Crippen LogP contribution is -2.50. The number of thioether (sulfide) groups is 1. The van der Waals surface area contributed by atoms with Gasteiger partial charge in [-0.1, -0.05) is 25.1 Å². The predicted molar refractivity (Wildman–Crippen MR) is 105 cm³/mol. The van der Waals surface area contributed by atoms with E-state index in [0.717, 1.165) is 36.7 Å². The number of hydrogen-bond donors (Lipinski definition) is 1. The number of benzene rings is 1. The van der Waals surface area contributed by atoms with Gasteiger partial charge in [0.1, 0.15) is 5.54 Å². The average molecular weight is 431 g/mol. The molecule has 29 heavy (non-hydrogen) atoms. The molecule has 0 aliphatic carbocycles. The molecule has 1 aromatic carbocycles. The predicted octanol–water partition coefficient (Wildman–Crippen LogP) is 4.02. The number of unbranched alkanes of at least 4 members (excludes halogenated alkanes) is 1. The number of imidazole rings is 1. The highest BCUT2D eigenvalue weighted by atomic mass is 32.2. The molecule has 0 unspecified atom stereocenters. The Morgan fingerprint density at radius 1 is 1.28 bits per heavy atom. The fourth-order valence-corrected chi connectivity index (χ4v) is 3.59. The maximum absolute atomic E-state index is 13.0. The number of esters is 1. The van der Waals surface area contributed by atoms with E-state index in [1.165, 1.54) is 27.0 Å². The number of amides is 1. The number of alkyl halides is 3. The van der Waals surface area contributed by atoms with Crippen molar-refractivity contribution in [2.24, 2.45) is 0 Å². The minimum absolute atomic E-state index is 0.0397. The number of nitrogens with one attached hydrogen (secondary N) is 1. The molecule has 1 amide bonds. The first kappa shape index (κ1) is 23.1. The molecule has 1 heterocycles. The molecule has 0 aliphatic heterocycles. The van der Waals surface area contributed by atoms with E-state index >= 15 is 0 Å². The zero-order valence-electron chi connectivity index (χ0n) is 16.7. The highest BCUT2D eigenvalue weighted by Crippen LogP contribution is 2.33. The second kappa shape index (κ2) is 9.06. The third-order valence-electron chi connectivity index (χ3n) is 4.26. The Morgan fingerprint density at radius 2 is 1.97 bits per heavy atom. The van der Waals surface area contributed by atoms with Gasteiger partial charge in [-0.25, -0.2) is 9.78 Å². The van der Waals surface area contributed by atoms with Crippen molar-refractivity contribution in [2.75, 3.05) is 12.9 Å². The number of carbonyl (C=O) groups is 2. The van der Waals surface area contributed by atoms with Crippen LogP contribution in [0, 0.1) is 0 Å². The number of methoxy groups -OCH3 is 1. The molecule has 0 radical (unpaired) electrons. The third kappa shape index (κ3) is 5.65. The first-order valence-electron chi connectivity index (χ1n) is 9.09. The lowest BCUT2D eigenvalue weighted by Gasteiger charge is -2.22. The standard InChI is InChI=1S/C19H24F3N3O3S/c1-5-6-9-25-14-8-7-12(19(20,21)22)10-13(14)23-17(25)29-11-15(26)24-18(2,3)16(27)28-4/h7-8,10H,5-6,9,11H2,1-4H3,(H,24,26). The van der Waals surface area contributed by atoms with Crippen molar-refractivity contribution in [3.8, 4) is 0 Å². The lowest BCUT2D eigenvalue weighted by atomic mass is 10.1. The fourth-order valence-electron chi connectivity index (χ4n) is 2.75. The number of ether oxygens (including phenoxy) is 1. The van der Waals surface area contributed by atoms with Crippen LogP contribution in [-0.2, 0) is 27.0 Å². The number of aromatic nitrogens is 2. The molecular formula is C19H24F3N3O3S. The van der Waals surface area contributed by atoms with Gasteiger partial charge in [-0.05, 0) is 38.5 Å². The monoisotopic (exact) mass is 431 g/mol. The van der Waals surface area contributed by atoms with Crippen LogP contribution in [0.15, 0.2) is 23.4 Å². The molecule has 0 saturated heterocycles. The zero-order chi connectivity index (χ0) is 21.8. The normalized spacial score (nSPS) is 12.2. The van der Waals surface area contributed by atoms with Gasteiger partial charge in [-0.15, -0.1) is 0 Å². The van der Waals surface area contributed by atoms with Gasteiger partial charge in [0.2, 0.25) is 5.91 Å². The van der Waals surface area contributed by atoms with Gasteiger partial charge in [-0.3, -0.25) is 4.79 Å². The van der Waals surface area contributed by atoms with Crippen molar-refractivity contribution in [2.45, 2.75) is 57.0 Å². The largest absolute Gasteiger partial charge is 0.467 e. The Balaban J connectivity index is 2.24. The lowest BCUT2D eigenvalue weighted by molar-refractivity contribution is -0.149. The minimum Gasteiger partial charge on any atom is -0.467 e. The highest BCUT2D eigenvalue weighted by Gasteiger charge is 2.32. The minimum atomic E-state index is -4.45. The summed E-state index contributed by atoms with van der Waals surface area (Å²) in [6.45, 7) is 5.64. The van der Waals surface area contributed by atoms with Crippen LogP contribution in [0.4, 0.5) is 13.2 Å². The van der Waals surface area contributed by atoms with Crippen LogP contribution in [0.3, 0.4) is 0 Å². The molecule has 10 heteroatoms. The van der Waals surface area contributed by atoms with Gasteiger partial charge in [0, 0.05) is 6.54 Å².